The van der Waals surface area contributed by atoms with Gasteiger partial charge in [0.1, 0.15) is 11.5 Å². The van der Waals surface area contributed by atoms with Crippen molar-refractivity contribution in [3.8, 4) is 17.5 Å². The fourth-order valence-corrected chi connectivity index (χ4v) is 3.52. The molecule has 4 aromatic rings. The monoisotopic (exact) mass is 504 g/mol. The van der Waals surface area contributed by atoms with Gasteiger partial charge in [-0.2, -0.15) is 18.3 Å². The Kier molecular flexibility index (Phi) is 7.11. The van der Waals surface area contributed by atoms with Gasteiger partial charge in [-0.1, -0.05) is 23.7 Å². The minimum atomic E-state index is -4.52. The Morgan fingerprint density at radius 1 is 1.06 bits per heavy atom. The van der Waals surface area contributed by atoms with Crippen LogP contribution in [0.25, 0.3) is 0 Å². The molecule has 2 aromatic heterocycles. The maximum atomic E-state index is 13.0. The number of nitrogens with zero attached hydrogens (tertiary/aromatic N) is 3. The molecule has 11 heteroatoms. The number of hydrogen-bond acceptors (Lipinski definition) is 5. The van der Waals surface area contributed by atoms with E-state index < -0.39 is 11.7 Å². The zero-order valence-corrected chi connectivity index (χ0v) is 19.2. The number of hydrogen-bond donors (Lipinski definition) is 1. The maximum Gasteiger partial charge on any atom is 0.416 e. The molecule has 2 heterocycles. The van der Waals surface area contributed by atoms with Gasteiger partial charge in [0.15, 0.2) is 0 Å². The van der Waals surface area contributed by atoms with Crippen LogP contribution in [0.15, 0.2) is 65.8 Å². The Morgan fingerprint density at radius 2 is 1.83 bits per heavy atom. The summed E-state index contributed by atoms with van der Waals surface area (Å²) in [4.78, 5) is 19.0. The molecule has 7 nitrogen and oxygen atoms in total. The van der Waals surface area contributed by atoms with Crippen molar-refractivity contribution in [1.82, 2.24) is 19.7 Å². The third kappa shape index (κ3) is 6.63. The number of aromatic nitrogens is 4. The van der Waals surface area contributed by atoms with Crippen LogP contribution in [-0.2, 0) is 26.1 Å². The minimum Gasteiger partial charge on any atom is -0.464 e. The van der Waals surface area contributed by atoms with Gasteiger partial charge in [-0.15, -0.1) is 0 Å². The Labute approximate surface area is 203 Å². The van der Waals surface area contributed by atoms with Crippen LogP contribution in [0.1, 0.15) is 22.3 Å². The third-order valence-electron chi connectivity index (χ3n) is 4.99. The van der Waals surface area contributed by atoms with Crippen molar-refractivity contribution in [1.29, 1.82) is 0 Å². The lowest BCUT2D eigenvalue weighted by atomic mass is 10.1. The molecule has 0 atom stereocenters. The van der Waals surface area contributed by atoms with Gasteiger partial charge in [-0.3, -0.25) is 14.5 Å². The van der Waals surface area contributed by atoms with E-state index in [1.165, 1.54) is 12.3 Å². The van der Waals surface area contributed by atoms with E-state index >= 15 is 0 Å². The van der Waals surface area contributed by atoms with E-state index in [9.17, 15) is 18.0 Å². The normalized spacial score (nSPS) is 11.5. The van der Waals surface area contributed by atoms with Gasteiger partial charge in [0.05, 0.1) is 18.4 Å². The van der Waals surface area contributed by atoms with Crippen LogP contribution < -0.4 is 15.0 Å². The molecule has 0 bridgehead atoms. The summed E-state index contributed by atoms with van der Waals surface area (Å²) in [6, 6.07) is 9.97. The molecule has 35 heavy (non-hydrogen) atoms. The highest BCUT2D eigenvalue weighted by atomic mass is 35.5. The fourth-order valence-electron chi connectivity index (χ4n) is 3.30. The van der Waals surface area contributed by atoms with Crippen molar-refractivity contribution >= 4 is 11.6 Å². The molecule has 4 rings (SSSR count). The van der Waals surface area contributed by atoms with Crippen LogP contribution in [0.5, 0.6) is 17.5 Å². The zero-order chi connectivity index (χ0) is 25.0. The number of benzene rings is 2. The number of aryl methyl sites for hydroxylation is 1. The van der Waals surface area contributed by atoms with Crippen LogP contribution in [0.2, 0.25) is 5.02 Å². The van der Waals surface area contributed by atoms with Gasteiger partial charge in [-0.05, 0) is 41.5 Å². The first-order valence-corrected chi connectivity index (χ1v) is 10.9. The van der Waals surface area contributed by atoms with Gasteiger partial charge in [-0.25, -0.2) is 4.98 Å². The van der Waals surface area contributed by atoms with Crippen molar-refractivity contribution in [2.75, 3.05) is 6.61 Å². The lowest BCUT2D eigenvalue weighted by Crippen LogP contribution is -2.16. The van der Waals surface area contributed by atoms with Crippen molar-refractivity contribution < 1.29 is 22.6 Å². The topological polar surface area (TPSA) is 82.0 Å². The molecule has 0 amide bonds. The SMILES string of the molecule is Cn1cc(Cc2cnc(OCCc3ccc(Oc4cc(Cl)cc(C(F)(F)F)c4)cc3)[nH]c2=O)cn1. The second kappa shape index (κ2) is 10.2. The summed E-state index contributed by atoms with van der Waals surface area (Å²) in [5.41, 5.74) is 1.13. The molecule has 2 aromatic carbocycles. The Morgan fingerprint density at radius 3 is 2.49 bits per heavy atom. The summed E-state index contributed by atoms with van der Waals surface area (Å²) in [5, 5.41) is 4.01. The molecule has 0 fully saturated rings. The maximum absolute atomic E-state index is 13.0. The second-order valence-electron chi connectivity index (χ2n) is 7.76. The number of ether oxygens (including phenoxy) is 2. The highest BCUT2D eigenvalue weighted by Crippen LogP contribution is 2.35. The Bertz CT molecular complexity index is 1370. The van der Waals surface area contributed by atoms with E-state index in [2.05, 4.69) is 15.1 Å². The molecule has 182 valence electrons. The molecular weight excluding hydrogens is 485 g/mol. The molecule has 0 aliphatic rings. The number of aromatic amines is 1. The number of halogens is 4. The van der Waals surface area contributed by atoms with Crippen LogP contribution in [0.4, 0.5) is 13.2 Å². The molecule has 0 saturated carbocycles. The fraction of sp³-hybridized carbons (Fsp3) is 0.208. The first kappa shape index (κ1) is 24.3. The third-order valence-corrected chi connectivity index (χ3v) is 5.21. The average molecular weight is 505 g/mol. The molecule has 0 saturated heterocycles. The summed E-state index contributed by atoms with van der Waals surface area (Å²) in [5.74, 6) is 0.350. The number of alkyl halides is 3. The number of H-pyrrole nitrogens is 1. The van der Waals surface area contributed by atoms with Crippen LogP contribution in [0, 0.1) is 0 Å². The number of nitrogens with one attached hydrogen (secondary N) is 1. The van der Waals surface area contributed by atoms with Crippen molar-refractivity contribution in [2.24, 2.45) is 7.05 Å². The smallest absolute Gasteiger partial charge is 0.416 e. The quantitative estimate of drug-likeness (QED) is 0.357. The van der Waals surface area contributed by atoms with Crippen molar-refractivity contribution in [2.45, 2.75) is 19.0 Å². The number of rotatable bonds is 8. The van der Waals surface area contributed by atoms with Crippen LogP contribution >= 0.6 is 11.6 Å². The highest BCUT2D eigenvalue weighted by Gasteiger charge is 2.31. The summed E-state index contributed by atoms with van der Waals surface area (Å²) >= 11 is 5.79. The van der Waals surface area contributed by atoms with Gasteiger partial charge < -0.3 is 9.47 Å². The zero-order valence-electron chi connectivity index (χ0n) is 18.5. The van der Waals surface area contributed by atoms with E-state index in [-0.39, 0.29) is 28.9 Å². The second-order valence-corrected chi connectivity index (χ2v) is 8.20. The van der Waals surface area contributed by atoms with E-state index in [4.69, 9.17) is 21.1 Å². The Hall–Kier alpha value is -3.79. The minimum absolute atomic E-state index is 0.0112. The highest BCUT2D eigenvalue weighted by molar-refractivity contribution is 6.30. The van der Waals surface area contributed by atoms with Crippen molar-refractivity contribution in [3.63, 3.8) is 0 Å². The summed E-state index contributed by atoms with van der Waals surface area (Å²) < 4.78 is 51.6. The van der Waals surface area contributed by atoms with Gasteiger partial charge >= 0.3 is 6.18 Å². The van der Waals surface area contributed by atoms with E-state index in [1.807, 2.05) is 6.20 Å². The van der Waals surface area contributed by atoms with Crippen LogP contribution in [-0.4, -0.2) is 26.4 Å². The first-order chi connectivity index (χ1) is 16.7. The van der Waals surface area contributed by atoms with Gasteiger partial charge in [0.2, 0.25) is 0 Å². The first-order valence-electron chi connectivity index (χ1n) is 10.5. The molecule has 1 N–H and O–H groups in total. The molecule has 0 spiro atoms. The van der Waals surface area contributed by atoms with Gasteiger partial charge in [0, 0.05) is 42.9 Å². The largest absolute Gasteiger partial charge is 0.464 e. The summed E-state index contributed by atoms with van der Waals surface area (Å²) in [6.07, 6.45) is 1.40. The lowest BCUT2D eigenvalue weighted by molar-refractivity contribution is -0.137. The van der Waals surface area contributed by atoms with Crippen LogP contribution in [0.3, 0.4) is 0 Å². The lowest BCUT2D eigenvalue weighted by Gasteiger charge is -2.11. The molecule has 0 unspecified atom stereocenters. The average Bonchev–Trinajstić information content (AvgIpc) is 3.20. The summed E-state index contributed by atoms with van der Waals surface area (Å²) in [6.45, 7) is 0.258. The molecule has 0 radical (unpaired) electrons. The Balaban J connectivity index is 1.31. The van der Waals surface area contributed by atoms with Gasteiger partial charge in [0.25, 0.3) is 11.6 Å². The standard InChI is InChI=1S/C24H20ClF3N4O3/c1-32-14-16(12-30-32)8-17-13-29-23(31-22(17)33)34-7-6-15-2-4-20(5-3-15)35-21-10-18(24(26,27)28)9-19(25)11-21/h2-5,9-14H,6-8H2,1H3,(H,29,31,33). The summed E-state index contributed by atoms with van der Waals surface area (Å²) in [7, 11) is 1.80. The van der Waals surface area contributed by atoms with E-state index in [1.54, 1.807) is 42.2 Å². The van der Waals surface area contributed by atoms with Crippen molar-refractivity contribution in [3.05, 3.63) is 98.7 Å². The van der Waals surface area contributed by atoms with E-state index in [0.717, 1.165) is 23.3 Å². The predicted molar refractivity (Wildman–Crippen MR) is 123 cm³/mol. The molecule has 0 aliphatic carbocycles. The van der Waals surface area contributed by atoms with E-state index in [0.29, 0.717) is 24.2 Å². The predicted octanol–water partition coefficient (Wildman–Crippen LogP) is 5.18. The molecular formula is C24H20ClF3N4O3. The molecule has 0 aliphatic heterocycles.